The van der Waals surface area contributed by atoms with E-state index in [0.29, 0.717) is 6.54 Å². The Morgan fingerprint density at radius 1 is 0.913 bits per heavy atom. The summed E-state index contributed by atoms with van der Waals surface area (Å²) in [5.41, 5.74) is 13.1. The van der Waals surface area contributed by atoms with Gasteiger partial charge in [-0.2, -0.15) is 0 Å². The number of amides is 2. The van der Waals surface area contributed by atoms with Gasteiger partial charge in [0.2, 0.25) is 5.96 Å². The van der Waals surface area contributed by atoms with E-state index in [4.69, 9.17) is 17.5 Å². The monoisotopic (exact) mass is 332 g/mol. The summed E-state index contributed by atoms with van der Waals surface area (Å²) in [7, 11) is 0. The number of nitrogens with zero attached hydrogens (tertiary/aromatic N) is 1. The van der Waals surface area contributed by atoms with Gasteiger partial charge < -0.3 is 5.84 Å². The van der Waals surface area contributed by atoms with Crippen LogP contribution >= 0.6 is 0 Å². The van der Waals surface area contributed by atoms with Crippen molar-refractivity contribution in [3.63, 3.8) is 0 Å². The van der Waals surface area contributed by atoms with Gasteiger partial charge >= 0.3 is 6.03 Å². The maximum Gasteiger partial charge on any atom is 0.343 e. The highest BCUT2D eigenvalue weighted by molar-refractivity contribution is 5.89. The number of nitrogens with one attached hydrogen (secondary N) is 6. The predicted molar refractivity (Wildman–Crippen MR) is 86.5 cm³/mol. The number of hydrogen-bond acceptors (Lipinski definition) is 8. The first kappa shape index (κ1) is 20.9. The lowest BCUT2D eigenvalue weighted by Crippen LogP contribution is -2.55. The zero-order valence-corrected chi connectivity index (χ0v) is 13.9. The zero-order valence-electron chi connectivity index (χ0n) is 13.9. The highest BCUT2D eigenvalue weighted by Gasteiger charge is 2.38. The van der Waals surface area contributed by atoms with Crippen LogP contribution in [0.15, 0.2) is 5.10 Å². The summed E-state index contributed by atoms with van der Waals surface area (Å²) in [5, 5.41) is 3.34. The Balaban J connectivity index is 4.54. The van der Waals surface area contributed by atoms with Crippen LogP contribution in [0.5, 0.6) is 0 Å². The molecule has 12 N–H and O–H groups in total. The van der Waals surface area contributed by atoms with Gasteiger partial charge in [0.1, 0.15) is 5.78 Å². The number of hydrogen-bond donors (Lipinski definition) is 9. The molecule has 0 aromatic carbocycles. The lowest BCUT2D eigenvalue weighted by atomic mass is 9.73. The fraction of sp³-hybridized carbons (Fsp3) is 0.727. The summed E-state index contributed by atoms with van der Waals surface area (Å²) < 4.78 is 0. The number of urea groups is 1. The molecule has 0 aliphatic carbocycles. The summed E-state index contributed by atoms with van der Waals surface area (Å²) in [6, 6.07) is -0.596. The highest BCUT2D eigenvalue weighted by atomic mass is 16.2. The Morgan fingerprint density at radius 2 is 1.39 bits per heavy atom. The summed E-state index contributed by atoms with van der Waals surface area (Å²) in [6.07, 6.45) is 0. The Hall–Kier alpha value is -2.15. The number of hydrazine groups is 4. The van der Waals surface area contributed by atoms with Crippen molar-refractivity contribution in [1.29, 1.82) is 0 Å². The van der Waals surface area contributed by atoms with Crippen molar-refractivity contribution in [1.82, 2.24) is 32.6 Å². The average molecular weight is 332 g/mol. The van der Waals surface area contributed by atoms with E-state index in [1.165, 1.54) is 0 Å². The maximum atomic E-state index is 12.7. The van der Waals surface area contributed by atoms with Crippen molar-refractivity contribution in [2.24, 2.45) is 33.5 Å². The third kappa shape index (κ3) is 7.10. The summed E-state index contributed by atoms with van der Waals surface area (Å²) in [4.78, 5) is 23.7. The van der Waals surface area contributed by atoms with Gasteiger partial charge in [-0.05, 0) is 0 Å². The Kier molecular flexibility index (Phi) is 8.24. The van der Waals surface area contributed by atoms with Crippen LogP contribution in [0.4, 0.5) is 4.79 Å². The molecule has 12 heteroatoms. The van der Waals surface area contributed by atoms with E-state index in [1.807, 2.05) is 5.43 Å². The molecule has 0 aliphatic rings. The molecule has 0 spiro atoms. The molecule has 0 aromatic heterocycles. The number of carbonyl (C=O) groups is 2. The second-order valence-corrected chi connectivity index (χ2v) is 6.15. The molecule has 0 heterocycles. The summed E-state index contributed by atoms with van der Waals surface area (Å²) >= 11 is 0. The molecule has 0 atom stereocenters. The molecule has 12 nitrogen and oxygen atoms in total. The van der Waals surface area contributed by atoms with Gasteiger partial charge in [-0.25, -0.2) is 27.3 Å². The van der Waals surface area contributed by atoms with Gasteiger partial charge in [0.25, 0.3) is 0 Å². The molecule has 0 aliphatic heterocycles. The third-order valence-corrected chi connectivity index (χ3v) is 3.10. The topological polar surface area (TPSA) is 197 Å². The lowest BCUT2D eigenvalue weighted by molar-refractivity contribution is -0.135. The molecule has 0 bridgehead atoms. The summed E-state index contributed by atoms with van der Waals surface area (Å²) in [5.74, 6) is 15.3. The Labute approximate surface area is 135 Å². The standard InChI is InChI=1S/C11H28N10O2/c1-10(2,5-15-20-8(17-12)18-13)7(22)11(3,4)6-16-21-9(23)19-14/h15-16H,5-6,12-14H2,1-4H3,(H2,17,18,20)(H2,19,21,23). The van der Waals surface area contributed by atoms with E-state index in [-0.39, 0.29) is 18.3 Å². The molecule has 0 radical (unpaired) electrons. The average Bonchev–Trinajstić information content (AvgIpc) is 2.50. The quantitative estimate of drug-likeness (QED) is 0.0734. The first-order chi connectivity index (χ1) is 10.6. The molecular formula is C11H28N10O2. The molecule has 0 unspecified atom stereocenters. The third-order valence-electron chi connectivity index (χ3n) is 3.10. The van der Waals surface area contributed by atoms with Crippen LogP contribution in [0.3, 0.4) is 0 Å². The minimum Gasteiger partial charge on any atom is -0.320 e. The molecule has 23 heavy (non-hydrogen) atoms. The number of hydrazone groups is 1. The van der Waals surface area contributed by atoms with Gasteiger partial charge in [-0.15, -0.1) is 5.10 Å². The van der Waals surface area contributed by atoms with E-state index < -0.39 is 16.9 Å². The van der Waals surface area contributed by atoms with E-state index in [1.54, 1.807) is 27.7 Å². The molecule has 0 saturated heterocycles. The Bertz CT molecular complexity index is 435. The number of Topliss-reactive ketones (excluding diaryl/α,β-unsaturated/α-hetero) is 1. The van der Waals surface area contributed by atoms with Crippen LogP contribution in [0.25, 0.3) is 0 Å². The second-order valence-electron chi connectivity index (χ2n) is 6.15. The lowest BCUT2D eigenvalue weighted by Gasteiger charge is -2.33. The molecular weight excluding hydrogens is 304 g/mol. The number of guanidine groups is 1. The number of ketones is 1. The van der Waals surface area contributed by atoms with E-state index in [0.717, 1.165) is 0 Å². The molecule has 0 saturated carbocycles. The molecule has 0 fully saturated rings. The van der Waals surface area contributed by atoms with Crippen molar-refractivity contribution in [3.05, 3.63) is 0 Å². The fourth-order valence-corrected chi connectivity index (χ4v) is 1.91. The molecule has 2 amide bonds. The number of carbonyl (C=O) groups excluding carboxylic acids is 2. The Morgan fingerprint density at radius 3 is 1.78 bits per heavy atom. The van der Waals surface area contributed by atoms with Crippen LogP contribution in [-0.4, -0.2) is 30.9 Å². The van der Waals surface area contributed by atoms with Crippen molar-refractivity contribution < 1.29 is 9.59 Å². The fourth-order valence-electron chi connectivity index (χ4n) is 1.91. The van der Waals surface area contributed by atoms with Crippen molar-refractivity contribution >= 4 is 17.8 Å². The minimum atomic E-state index is -0.732. The minimum absolute atomic E-state index is 0.0197. The largest absolute Gasteiger partial charge is 0.343 e. The first-order valence-corrected chi connectivity index (χ1v) is 6.88. The summed E-state index contributed by atoms with van der Waals surface area (Å²) in [6.45, 7) is 7.66. The second kappa shape index (κ2) is 9.09. The van der Waals surface area contributed by atoms with Crippen LogP contribution in [0, 0.1) is 10.8 Å². The number of nitrogens with two attached hydrogens (primary N) is 3. The first-order valence-electron chi connectivity index (χ1n) is 6.88. The van der Waals surface area contributed by atoms with Crippen molar-refractivity contribution in [3.8, 4) is 0 Å². The van der Waals surface area contributed by atoms with Gasteiger partial charge in [-0.3, -0.25) is 26.5 Å². The van der Waals surface area contributed by atoms with Crippen LogP contribution in [0.2, 0.25) is 0 Å². The maximum absolute atomic E-state index is 12.7. The zero-order chi connectivity index (χ0) is 18.1. The highest BCUT2D eigenvalue weighted by Crippen LogP contribution is 2.28. The van der Waals surface area contributed by atoms with E-state index in [9.17, 15) is 9.59 Å². The van der Waals surface area contributed by atoms with Crippen LogP contribution in [0.1, 0.15) is 27.7 Å². The van der Waals surface area contributed by atoms with Crippen LogP contribution < -0.4 is 50.1 Å². The van der Waals surface area contributed by atoms with Crippen LogP contribution in [-0.2, 0) is 4.79 Å². The van der Waals surface area contributed by atoms with Gasteiger partial charge in [0.15, 0.2) is 0 Å². The van der Waals surface area contributed by atoms with E-state index >= 15 is 0 Å². The molecule has 0 aromatic rings. The van der Waals surface area contributed by atoms with Crippen molar-refractivity contribution in [2.75, 3.05) is 13.1 Å². The van der Waals surface area contributed by atoms with Gasteiger partial charge in [-0.1, -0.05) is 27.7 Å². The SMILES string of the molecule is CC(C)(CNNC(=O)NN)C(=O)C(C)(C)CNNC(=NN)NN. The van der Waals surface area contributed by atoms with Crippen molar-refractivity contribution in [2.45, 2.75) is 27.7 Å². The van der Waals surface area contributed by atoms with E-state index in [2.05, 4.69) is 32.2 Å². The normalized spacial score (nSPS) is 12.5. The smallest absolute Gasteiger partial charge is 0.320 e. The van der Waals surface area contributed by atoms with Gasteiger partial charge in [0, 0.05) is 23.9 Å². The number of rotatable bonds is 8. The molecule has 0 rings (SSSR count). The predicted octanol–water partition coefficient (Wildman–Crippen LogP) is -2.93. The molecule has 134 valence electrons. The van der Waals surface area contributed by atoms with Gasteiger partial charge in [0.05, 0.1) is 0 Å².